The van der Waals surface area contributed by atoms with Crippen LogP contribution in [0.1, 0.15) is 27.0 Å². The summed E-state index contributed by atoms with van der Waals surface area (Å²) in [6, 6.07) is 3.34. The lowest BCUT2D eigenvalue weighted by Gasteiger charge is -2.00. The maximum absolute atomic E-state index is 10.6. The van der Waals surface area contributed by atoms with Crippen molar-refractivity contribution < 1.29 is 4.79 Å². The number of hydrogen-bond donors (Lipinski definition) is 1. The number of amides is 1. The molecule has 0 aliphatic heterocycles. The first-order valence-corrected chi connectivity index (χ1v) is 4.63. The number of hydrogen-bond acceptors (Lipinski definition) is 3. The quantitative estimate of drug-likeness (QED) is 0.649. The molecule has 0 radical (unpaired) electrons. The summed E-state index contributed by atoms with van der Waals surface area (Å²) in [5.74, 6) is -0.546. The molecule has 5 heteroatoms. The zero-order chi connectivity index (χ0) is 9.14. The number of alkyl halides is 1. The van der Waals surface area contributed by atoms with E-state index in [1.54, 1.807) is 12.1 Å². The van der Waals surface area contributed by atoms with Gasteiger partial charge in [-0.05, 0) is 19.1 Å². The summed E-state index contributed by atoms with van der Waals surface area (Å²) < 4.78 is 0.289. The molecule has 0 fully saturated rings. The van der Waals surface area contributed by atoms with E-state index in [-0.39, 0.29) is 9.62 Å². The minimum atomic E-state index is -0.546. The van der Waals surface area contributed by atoms with Crippen molar-refractivity contribution in [3.05, 3.63) is 23.5 Å². The molecule has 0 saturated heterocycles. The molecule has 12 heavy (non-hydrogen) atoms. The molecule has 1 aromatic heterocycles. The van der Waals surface area contributed by atoms with Gasteiger partial charge in [0.05, 0.1) is 9.62 Å². The Bertz CT molecular complexity index is 283. The SMILES string of the molecule is CC(I)c1ccc(C(N)=O)nn1. The van der Waals surface area contributed by atoms with Crippen LogP contribution in [0.2, 0.25) is 0 Å². The first-order chi connectivity index (χ1) is 5.61. The van der Waals surface area contributed by atoms with Crippen molar-refractivity contribution >= 4 is 28.5 Å². The molecule has 1 amide bonds. The fourth-order valence-corrected chi connectivity index (χ4v) is 1.02. The number of nitrogens with two attached hydrogens (primary N) is 1. The number of carbonyl (C=O) groups excluding carboxylic acids is 1. The van der Waals surface area contributed by atoms with Crippen LogP contribution in [-0.4, -0.2) is 16.1 Å². The van der Waals surface area contributed by atoms with Crippen LogP contribution in [0.15, 0.2) is 12.1 Å². The second kappa shape index (κ2) is 3.79. The summed E-state index contributed by atoms with van der Waals surface area (Å²) in [5, 5.41) is 7.51. The highest BCUT2D eigenvalue weighted by Gasteiger charge is 2.05. The molecule has 4 nitrogen and oxygen atoms in total. The minimum Gasteiger partial charge on any atom is -0.364 e. The number of primary amides is 1. The summed E-state index contributed by atoms with van der Waals surface area (Å²) in [7, 11) is 0. The largest absolute Gasteiger partial charge is 0.364 e. The third-order valence-corrected chi connectivity index (χ3v) is 1.98. The maximum Gasteiger partial charge on any atom is 0.269 e. The summed E-state index contributed by atoms with van der Waals surface area (Å²) >= 11 is 2.22. The Balaban J connectivity index is 2.93. The van der Waals surface area contributed by atoms with E-state index >= 15 is 0 Å². The molecule has 0 aromatic carbocycles. The van der Waals surface area contributed by atoms with Crippen molar-refractivity contribution in [2.24, 2.45) is 5.73 Å². The summed E-state index contributed by atoms with van der Waals surface area (Å²) in [6.45, 7) is 1.99. The molecule has 64 valence electrons. The van der Waals surface area contributed by atoms with Gasteiger partial charge in [0.1, 0.15) is 0 Å². The molecule has 1 heterocycles. The Hall–Kier alpha value is -0.720. The van der Waals surface area contributed by atoms with E-state index in [4.69, 9.17) is 5.73 Å². The molecule has 1 aromatic rings. The average molecular weight is 277 g/mol. The fraction of sp³-hybridized carbons (Fsp3) is 0.286. The fourth-order valence-electron chi connectivity index (χ4n) is 0.686. The first kappa shape index (κ1) is 9.37. The topological polar surface area (TPSA) is 68.9 Å². The number of aromatic nitrogens is 2. The number of carbonyl (C=O) groups is 1. The molecule has 1 atom stereocenters. The van der Waals surface area contributed by atoms with Crippen LogP contribution in [-0.2, 0) is 0 Å². The Morgan fingerprint density at radius 3 is 2.58 bits per heavy atom. The van der Waals surface area contributed by atoms with Gasteiger partial charge in [-0.2, -0.15) is 5.10 Å². The molecule has 0 aliphatic carbocycles. The molecule has 1 unspecified atom stereocenters. The van der Waals surface area contributed by atoms with E-state index in [0.717, 1.165) is 5.69 Å². The third kappa shape index (κ3) is 2.13. The van der Waals surface area contributed by atoms with Crippen molar-refractivity contribution in [3.63, 3.8) is 0 Å². The smallest absolute Gasteiger partial charge is 0.269 e. The molecular weight excluding hydrogens is 269 g/mol. The number of halogens is 1. The molecule has 0 saturated carbocycles. The molecule has 0 spiro atoms. The second-order valence-corrected chi connectivity index (χ2v) is 4.19. The van der Waals surface area contributed by atoms with Gasteiger partial charge in [-0.15, -0.1) is 5.10 Å². The van der Waals surface area contributed by atoms with Crippen LogP contribution < -0.4 is 5.73 Å². The van der Waals surface area contributed by atoms with E-state index in [1.807, 2.05) is 6.92 Å². The monoisotopic (exact) mass is 277 g/mol. The van der Waals surface area contributed by atoms with E-state index in [0.29, 0.717) is 0 Å². The number of rotatable bonds is 2. The van der Waals surface area contributed by atoms with Crippen molar-refractivity contribution in [3.8, 4) is 0 Å². The lowest BCUT2D eigenvalue weighted by atomic mass is 10.3. The highest BCUT2D eigenvalue weighted by atomic mass is 127. The lowest BCUT2D eigenvalue weighted by molar-refractivity contribution is 0.0994. The summed E-state index contributed by atoms with van der Waals surface area (Å²) in [5.41, 5.74) is 6.05. The van der Waals surface area contributed by atoms with Crippen LogP contribution in [0.4, 0.5) is 0 Å². The van der Waals surface area contributed by atoms with Gasteiger partial charge in [0.15, 0.2) is 5.69 Å². The molecular formula is C7H8IN3O. The Morgan fingerprint density at radius 1 is 1.58 bits per heavy atom. The van der Waals surface area contributed by atoms with Gasteiger partial charge in [0.2, 0.25) is 0 Å². The lowest BCUT2D eigenvalue weighted by Crippen LogP contribution is -2.14. The molecule has 1 rings (SSSR count). The Labute approximate surface area is 83.7 Å². The van der Waals surface area contributed by atoms with Gasteiger partial charge < -0.3 is 5.73 Å². The Morgan fingerprint density at radius 2 is 2.25 bits per heavy atom. The van der Waals surface area contributed by atoms with Crippen molar-refractivity contribution in [2.75, 3.05) is 0 Å². The third-order valence-electron chi connectivity index (χ3n) is 1.35. The zero-order valence-electron chi connectivity index (χ0n) is 6.49. The maximum atomic E-state index is 10.6. The summed E-state index contributed by atoms with van der Waals surface area (Å²) in [4.78, 5) is 10.6. The van der Waals surface area contributed by atoms with E-state index < -0.39 is 5.91 Å². The van der Waals surface area contributed by atoms with Crippen LogP contribution in [0.5, 0.6) is 0 Å². The first-order valence-electron chi connectivity index (χ1n) is 3.38. The molecule has 2 N–H and O–H groups in total. The summed E-state index contributed by atoms with van der Waals surface area (Å²) in [6.07, 6.45) is 0. The van der Waals surface area contributed by atoms with Crippen LogP contribution in [0.25, 0.3) is 0 Å². The van der Waals surface area contributed by atoms with Gasteiger partial charge in [0, 0.05) is 0 Å². The predicted octanol–water partition coefficient (Wildman–Crippen LogP) is 1.07. The van der Waals surface area contributed by atoms with Crippen molar-refractivity contribution in [1.29, 1.82) is 0 Å². The Kier molecular flexibility index (Phi) is 2.96. The van der Waals surface area contributed by atoms with Crippen molar-refractivity contribution in [1.82, 2.24) is 10.2 Å². The molecule has 0 aliphatic rings. The zero-order valence-corrected chi connectivity index (χ0v) is 8.65. The highest BCUT2D eigenvalue weighted by molar-refractivity contribution is 14.1. The van der Waals surface area contributed by atoms with Gasteiger partial charge >= 0.3 is 0 Å². The van der Waals surface area contributed by atoms with E-state index in [1.165, 1.54) is 0 Å². The average Bonchev–Trinajstić information content (AvgIpc) is 2.04. The predicted molar refractivity (Wildman–Crippen MR) is 53.0 cm³/mol. The van der Waals surface area contributed by atoms with Gasteiger partial charge in [0.25, 0.3) is 5.91 Å². The normalized spacial score (nSPS) is 12.5. The van der Waals surface area contributed by atoms with E-state index in [2.05, 4.69) is 32.8 Å². The van der Waals surface area contributed by atoms with Gasteiger partial charge in [-0.1, -0.05) is 22.6 Å². The second-order valence-electron chi connectivity index (χ2n) is 2.32. The number of nitrogens with zero attached hydrogens (tertiary/aromatic N) is 2. The van der Waals surface area contributed by atoms with Crippen LogP contribution in [0.3, 0.4) is 0 Å². The van der Waals surface area contributed by atoms with Gasteiger partial charge in [-0.25, -0.2) is 0 Å². The molecule has 0 bridgehead atoms. The van der Waals surface area contributed by atoms with Crippen LogP contribution in [0, 0.1) is 0 Å². The highest BCUT2D eigenvalue weighted by Crippen LogP contribution is 2.18. The van der Waals surface area contributed by atoms with E-state index in [9.17, 15) is 4.79 Å². The minimum absolute atomic E-state index is 0.204. The van der Waals surface area contributed by atoms with Crippen LogP contribution >= 0.6 is 22.6 Å². The van der Waals surface area contributed by atoms with Gasteiger partial charge in [-0.3, -0.25) is 4.79 Å². The standard InChI is InChI=1S/C7H8IN3O/c1-4(8)5-2-3-6(7(9)12)11-10-5/h2-4H,1H3,(H2,9,12). The van der Waals surface area contributed by atoms with Crippen molar-refractivity contribution in [2.45, 2.75) is 10.8 Å².